The molecule has 0 saturated carbocycles. The van der Waals surface area contributed by atoms with Gasteiger partial charge in [-0.15, -0.1) is 0 Å². The molecule has 0 unspecified atom stereocenters. The first-order chi connectivity index (χ1) is 10.8. The Balaban J connectivity index is 2.47. The Labute approximate surface area is 140 Å². The molecule has 2 rings (SSSR count). The zero-order valence-corrected chi connectivity index (χ0v) is 14.3. The van der Waals surface area contributed by atoms with Crippen LogP contribution in [0.1, 0.15) is 50.4 Å². The Morgan fingerprint density at radius 2 is 2.13 bits per heavy atom. The Morgan fingerprint density at radius 1 is 1.43 bits per heavy atom. The smallest absolute Gasteiger partial charge is 0.338 e. The van der Waals surface area contributed by atoms with Gasteiger partial charge in [-0.2, -0.15) is 0 Å². The average Bonchev–Trinajstić information content (AvgIpc) is 2.46. The normalized spacial score (nSPS) is 18.1. The van der Waals surface area contributed by atoms with Crippen LogP contribution >= 0.6 is 11.6 Å². The molecule has 1 heterocycles. The third kappa shape index (κ3) is 3.93. The third-order valence-corrected chi connectivity index (χ3v) is 4.20. The van der Waals surface area contributed by atoms with Gasteiger partial charge in [0.15, 0.2) is 0 Å². The quantitative estimate of drug-likeness (QED) is 0.466. The van der Waals surface area contributed by atoms with Crippen LogP contribution in [0.2, 0.25) is 5.02 Å². The van der Waals surface area contributed by atoms with Crippen molar-refractivity contribution >= 4 is 28.9 Å². The van der Waals surface area contributed by atoms with Gasteiger partial charge in [-0.25, -0.2) is 4.79 Å². The summed E-state index contributed by atoms with van der Waals surface area (Å²) in [6.45, 7) is 6.19. The lowest BCUT2D eigenvalue weighted by Gasteiger charge is -2.35. The molecule has 23 heavy (non-hydrogen) atoms. The molecule has 126 valence electrons. The van der Waals surface area contributed by atoms with E-state index in [1.807, 2.05) is 11.8 Å². The van der Waals surface area contributed by atoms with E-state index in [2.05, 4.69) is 0 Å². The molecule has 1 fully saturated rings. The van der Waals surface area contributed by atoms with Gasteiger partial charge in [-0.3, -0.25) is 10.1 Å². The Morgan fingerprint density at radius 3 is 2.70 bits per heavy atom. The number of hydrogen-bond acceptors (Lipinski definition) is 5. The van der Waals surface area contributed by atoms with Crippen molar-refractivity contribution in [2.75, 3.05) is 11.4 Å². The highest BCUT2D eigenvalue weighted by atomic mass is 35.5. The molecule has 1 aliphatic rings. The minimum atomic E-state index is -0.608. The van der Waals surface area contributed by atoms with Crippen molar-refractivity contribution in [1.82, 2.24) is 0 Å². The molecule has 6 nitrogen and oxygen atoms in total. The zero-order valence-electron chi connectivity index (χ0n) is 13.5. The van der Waals surface area contributed by atoms with Gasteiger partial charge in [0.1, 0.15) is 5.69 Å². The maximum atomic E-state index is 12.0. The first-order valence-electron chi connectivity index (χ1n) is 7.76. The second kappa shape index (κ2) is 7.17. The SMILES string of the molecule is CC(C)OC(=O)c1cc(Cl)c(N2CCCC[C@H]2C)c([N+](=O)[O-])c1. The van der Waals surface area contributed by atoms with Gasteiger partial charge in [0.2, 0.25) is 0 Å². The molecule has 1 saturated heterocycles. The summed E-state index contributed by atoms with van der Waals surface area (Å²) in [7, 11) is 0. The maximum Gasteiger partial charge on any atom is 0.338 e. The second-order valence-corrected chi connectivity index (χ2v) is 6.48. The van der Waals surface area contributed by atoms with Crippen LogP contribution in [0.4, 0.5) is 11.4 Å². The topological polar surface area (TPSA) is 72.7 Å². The van der Waals surface area contributed by atoms with Crippen LogP contribution < -0.4 is 4.90 Å². The minimum Gasteiger partial charge on any atom is -0.459 e. The number of ether oxygens (including phenoxy) is 1. The van der Waals surface area contributed by atoms with Crippen LogP contribution in [0.5, 0.6) is 0 Å². The highest BCUT2D eigenvalue weighted by Crippen LogP contribution is 2.40. The molecule has 1 atom stereocenters. The van der Waals surface area contributed by atoms with E-state index in [9.17, 15) is 14.9 Å². The standard InChI is InChI=1S/C16H21ClN2O4/c1-10(2)23-16(20)12-8-13(17)15(14(9-12)19(21)22)18-7-5-4-6-11(18)3/h8-11H,4-7H2,1-3H3/t11-/m1/s1. The van der Waals surface area contributed by atoms with E-state index >= 15 is 0 Å². The first kappa shape index (κ1) is 17.5. The predicted molar refractivity (Wildman–Crippen MR) is 89.3 cm³/mol. The van der Waals surface area contributed by atoms with Gasteiger partial charge < -0.3 is 9.64 Å². The summed E-state index contributed by atoms with van der Waals surface area (Å²) >= 11 is 6.30. The van der Waals surface area contributed by atoms with Crippen molar-refractivity contribution < 1.29 is 14.5 Å². The largest absolute Gasteiger partial charge is 0.459 e. The van der Waals surface area contributed by atoms with E-state index in [-0.39, 0.29) is 28.4 Å². The lowest BCUT2D eigenvalue weighted by Crippen LogP contribution is -2.38. The van der Waals surface area contributed by atoms with Gasteiger partial charge in [0.25, 0.3) is 5.69 Å². The summed E-state index contributed by atoms with van der Waals surface area (Å²) in [5.74, 6) is -0.608. The van der Waals surface area contributed by atoms with Crippen molar-refractivity contribution in [2.24, 2.45) is 0 Å². The predicted octanol–water partition coefficient (Wildman–Crippen LogP) is 4.19. The summed E-state index contributed by atoms with van der Waals surface area (Å²) in [6, 6.07) is 2.89. The molecular weight excluding hydrogens is 320 g/mol. The second-order valence-electron chi connectivity index (χ2n) is 6.08. The summed E-state index contributed by atoms with van der Waals surface area (Å²) in [6.07, 6.45) is 2.73. The molecule has 0 N–H and O–H groups in total. The van der Waals surface area contributed by atoms with Crippen molar-refractivity contribution in [3.05, 3.63) is 32.8 Å². The summed E-state index contributed by atoms with van der Waals surface area (Å²) in [4.78, 5) is 25.0. The Hall–Kier alpha value is -1.82. The van der Waals surface area contributed by atoms with Gasteiger partial charge in [-0.1, -0.05) is 11.6 Å². The van der Waals surface area contributed by atoms with Gasteiger partial charge in [0, 0.05) is 18.7 Å². The van der Waals surface area contributed by atoms with Crippen molar-refractivity contribution in [3.63, 3.8) is 0 Å². The molecule has 0 bridgehead atoms. The number of halogens is 1. The number of rotatable bonds is 4. The first-order valence-corrected chi connectivity index (χ1v) is 8.14. The lowest BCUT2D eigenvalue weighted by atomic mass is 10.0. The van der Waals surface area contributed by atoms with Crippen molar-refractivity contribution in [3.8, 4) is 0 Å². The zero-order chi connectivity index (χ0) is 17.1. The number of esters is 1. The number of benzene rings is 1. The molecule has 0 aliphatic carbocycles. The maximum absolute atomic E-state index is 12.0. The number of piperidine rings is 1. The van der Waals surface area contributed by atoms with Crippen LogP contribution in [0.15, 0.2) is 12.1 Å². The fourth-order valence-corrected chi connectivity index (χ4v) is 3.16. The molecule has 7 heteroatoms. The summed E-state index contributed by atoms with van der Waals surface area (Å²) < 4.78 is 5.10. The molecule has 1 aromatic rings. The molecule has 0 radical (unpaired) electrons. The van der Waals surface area contributed by atoms with E-state index in [1.54, 1.807) is 13.8 Å². The molecular formula is C16H21ClN2O4. The number of nitrogens with zero attached hydrogens (tertiary/aromatic N) is 2. The van der Waals surface area contributed by atoms with Crippen LogP contribution in [-0.2, 0) is 4.74 Å². The lowest BCUT2D eigenvalue weighted by molar-refractivity contribution is -0.384. The molecule has 0 aromatic heterocycles. The van der Waals surface area contributed by atoms with E-state index in [0.717, 1.165) is 25.8 Å². The molecule has 1 aliphatic heterocycles. The van der Waals surface area contributed by atoms with Crippen LogP contribution in [-0.4, -0.2) is 29.6 Å². The molecule has 0 amide bonds. The molecule has 1 aromatic carbocycles. The van der Waals surface area contributed by atoms with Crippen molar-refractivity contribution in [1.29, 1.82) is 0 Å². The highest BCUT2D eigenvalue weighted by Gasteiger charge is 2.30. The number of nitro groups is 1. The van der Waals surface area contributed by atoms with Gasteiger partial charge >= 0.3 is 5.97 Å². The van der Waals surface area contributed by atoms with Crippen LogP contribution in [0.3, 0.4) is 0 Å². The van der Waals surface area contributed by atoms with E-state index in [0.29, 0.717) is 5.69 Å². The monoisotopic (exact) mass is 340 g/mol. The van der Waals surface area contributed by atoms with E-state index in [1.165, 1.54) is 12.1 Å². The minimum absolute atomic E-state index is 0.101. The van der Waals surface area contributed by atoms with E-state index < -0.39 is 10.9 Å². The highest BCUT2D eigenvalue weighted by molar-refractivity contribution is 6.34. The van der Waals surface area contributed by atoms with Crippen LogP contribution in [0, 0.1) is 10.1 Å². The van der Waals surface area contributed by atoms with Gasteiger partial charge in [0.05, 0.1) is 21.6 Å². The summed E-state index contributed by atoms with van der Waals surface area (Å²) in [5, 5.41) is 11.7. The number of hydrogen-bond donors (Lipinski definition) is 0. The average molecular weight is 341 g/mol. The number of carbonyl (C=O) groups is 1. The fourth-order valence-electron chi connectivity index (χ4n) is 2.84. The van der Waals surface area contributed by atoms with E-state index in [4.69, 9.17) is 16.3 Å². The molecule has 0 spiro atoms. The number of carbonyl (C=O) groups excluding carboxylic acids is 1. The van der Waals surface area contributed by atoms with Crippen LogP contribution in [0.25, 0.3) is 0 Å². The fraction of sp³-hybridized carbons (Fsp3) is 0.562. The van der Waals surface area contributed by atoms with Crippen molar-refractivity contribution in [2.45, 2.75) is 52.2 Å². The van der Waals surface area contributed by atoms with Gasteiger partial charge in [-0.05, 0) is 46.1 Å². The number of anilines is 1. The number of nitro benzene ring substituents is 1. The third-order valence-electron chi connectivity index (χ3n) is 3.91. The summed E-state index contributed by atoms with van der Waals surface area (Å²) in [5.41, 5.74) is 0.343. The Bertz CT molecular complexity index is 618. The Kier molecular flexibility index (Phi) is 5.46.